The molecule has 1 amide bonds. The summed E-state index contributed by atoms with van der Waals surface area (Å²) < 4.78 is 6.30. The number of aromatic nitrogens is 1. The molecule has 1 aromatic heterocycles. The lowest BCUT2D eigenvalue weighted by molar-refractivity contribution is 0.0934. The van der Waals surface area contributed by atoms with E-state index < -0.39 is 0 Å². The van der Waals surface area contributed by atoms with Crippen molar-refractivity contribution in [2.75, 3.05) is 13.6 Å². The van der Waals surface area contributed by atoms with Crippen LogP contribution in [0.5, 0.6) is 0 Å². The Morgan fingerprint density at radius 2 is 1.89 bits per heavy atom. The van der Waals surface area contributed by atoms with Gasteiger partial charge in [0, 0.05) is 35.0 Å². The highest BCUT2D eigenvalue weighted by Gasteiger charge is 2.38. The number of benzene rings is 2. The topological polar surface area (TPSA) is 115 Å². The van der Waals surface area contributed by atoms with Crippen molar-refractivity contribution in [3.8, 4) is 17.5 Å². The lowest BCUT2D eigenvalue weighted by Gasteiger charge is -2.41. The second kappa shape index (κ2) is 12.2. The Morgan fingerprint density at radius 1 is 1.19 bits per heavy atom. The Hall–Kier alpha value is -3.39. The number of carbonyl (C=O) groups excluding carboxylic acids is 1. The first-order valence-corrected chi connectivity index (χ1v) is 13.9. The van der Waals surface area contributed by atoms with E-state index in [1.807, 2.05) is 48.7 Å². The molecule has 0 radical (unpaired) electrons. The number of hydrogen-bond donors (Lipinski definition) is 3. The zero-order valence-electron chi connectivity index (χ0n) is 21.1. The molecule has 0 bridgehead atoms. The van der Waals surface area contributed by atoms with E-state index in [2.05, 4.69) is 60.8 Å². The van der Waals surface area contributed by atoms with E-state index in [4.69, 9.17) is 9.78 Å². The summed E-state index contributed by atoms with van der Waals surface area (Å²) in [6.45, 7) is 2.29. The zero-order chi connectivity index (χ0) is 26.3. The van der Waals surface area contributed by atoms with Crippen molar-refractivity contribution >= 4 is 34.5 Å². The molecule has 1 fully saturated rings. The average Bonchev–Trinajstić information content (AvgIpc) is 3.33. The molecular weight excluding hydrogens is 579 g/mol. The summed E-state index contributed by atoms with van der Waals surface area (Å²) in [6, 6.07) is 18.6. The van der Waals surface area contributed by atoms with Crippen LogP contribution in [0.2, 0.25) is 0 Å². The molecule has 8 nitrogen and oxygen atoms in total. The fraction of sp³-hybridized carbons (Fsp3) is 0.357. The van der Waals surface area contributed by atoms with Gasteiger partial charge in [0.15, 0.2) is 0 Å². The molecule has 3 N–H and O–H groups in total. The number of rotatable bonds is 7. The van der Waals surface area contributed by atoms with Crippen LogP contribution in [-0.4, -0.2) is 36.7 Å². The van der Waals surface area contributed by atoms with Crippen molar-refractivity contribution in [2.24, 2.45) is 4.99 Å². The monoisotopic (exact) mass is 610 g/mol. The van der Waals surface area contributed by atoms with Crippen LogP contribution in [-0.2, 0) is 9.84 Å². The minimum Gasteiger partial charge on any atom is -0.360 e. The summed E-state index contributed by atoms with van der Waals surface area (Å²) in [6.07, 6.45) is 5.36. The number of nitriles is 1. The molecule has 192 valence electrons. The van der Waals surface area contributed by atoms with Crippen LogP contribution < -0.4 is 16.0 Å². The smallest absolute Gasteiger partial charge is 0.257 e. The molecule has 2 aromatic carbocycles. The van der Waals surface area contributed by atoms with Crippen LogP contribution in [0.3, 0.4) is 0 Å². The van der Waals surface area contributed by atoms with Gasteiger partial charge in [-0.05, 0) is 43.7 Å². The van der Waals surface area contributed by atoms with Gasteiger partial charge in [-0.3, -0.25) is 4.79 Å². The second-order valence-electron chi connectivity index (χ2n) is 9.31. The maximum absolute atomic E-state index is 13.6. The average molecular weight is 610 g/mol. The van der Waals surface area contributed by atoms with Crippen molar-refractivity contribution in [1.82, 2.24) is 21.1 Å². The Balaban J connectivity index is 1.54. The van der Waals surface area contributed by atoms with Crippen LogP contribution in [0.4, 0.5) is 0 Å². The van der Waals surface area contributed by atoms with Gasteiger partial charge in [-0.2, -0.15) is 5.26 Å². The summed E-state index contributed by atoms with van der Waals surface area (Å²) in [4.78, 5) is 17.4. The number of amides is 1. The highest BCUT2D eigenvalue weighted by molar-refractivity contribution is 14.1. The third kappa shape index (κ3) is 5.96. The van der Waals surface area contributed by atoms with E-state index >= 15 is 0 Å². The second-order valence-corrected chi connectivity index (χ2v) is 10.1. The molecule has 4 rings (SSSR count). The Kier molecular flexibility index (Phi) is 8.82. The maximum atomic E-state index is 13.6. The highest BCUT2D eigenvalue weighted by atomic mass is 127. The molecule has 1 aliphatic carbocycles. The van der Waals surface area contributed by atoms with E-state index in [1.54, 1.807) is 14.0 Å². The minimum absolute atomic E-state index is 0.175. The number of nitrogens with zero attached hydrogens (tertiary/aromatic N) is 3. The third-order valence-electron chi connectivity index (χ3n) is 7.16. The van der Waals surface area contributed by atoms with Crippen molar-refractivity contribution in [3.05, 3.63) is 77.0 Å². The first kappa shape index (κ1) is 26.7. The molecule has 0 aliphatic heterocycles. The summed E-state index contributed by atoms with van der Waals surface area (Å²) >= 11 is 2.32. The first-order valence-electron chi connectivity index (χ1n) is 12.4. The molecule has 1 heterocycles. The van der Waals surface area contributed by atoms with Crippen molar-refractivity contribution < 1.29 is 9.32 Å². The van der Waals surface area contributed by atoms with Crippen molar-refractivity contribution in [3.63, 3.8) is 0 Å². The predicted octanol–water partition coefficient (Wildman–Crippen LogP) is 4.84. The van der Waals surface area contributed by atoms with Gasteiger partial charge >= 0.3 is 0 Å². The number of carbonyl (C=O) groups is 1. The number of guanidine groups is 1. The maximum Gasteiger partial charge on any atom is 0.257 e. The van der Waals surface area contributed by atoms with Crippen molar-refractivity contribution in [1.29, 1.82) is 5.26 Å². The molecule has 37 heavy (non-hydrogen) atoms. The van der Waals surface area contributed by atoms with Crippen LogP contribution in [0.1, 0.15) is 52.9 Å². The largest absolute Gasteiger partial charge is 0.360 e. The van der Waals surface area contributed by atoms with E-state index in [0.29, 0.717) is 29.5 Å². The highest BCUT2D eigenvalue weighted by Crippen LogP contribution is 2.39. The number of aryl methyl sites for hydroxylation is 1. The standard InChI is InChI=1S/C28H31IN6O2/c1-19-24(25(35-37-19)23-11-7-6-8-20(23)16-29)26(36)32-17-28(21-9-4-3-5-10-21)14-12-22(13-15-28)34-27(31-2)33-18-30/h3-11,22H,12-17H2,1-2H3,(H,32,36)(H2,31,33,34)/t22-,28-. The Bertz CT molecular complexity index is 1290. The SMILES string of the molecule is CN/C(=N\C#N)N[C@H]1CC[C@](CNC(=O)c2c(-c3ccccc3CI)noc2C)(c2ccccc2)CC1. The lowest BCUT2D eigenvalue weighted by Crippen LogP contribution is -2.49. The number of aliphatic imine (C=N–C) groups is 1. The van der Waals surface area contributed by atoms with E-state index in [0.717, 1.165) is 41.2 Å². The fourth-order valence-corrected chi connectivity index (χ4v) is 5.77. The van der Waals surface area contributed by atoms with Gasteiger partial charge in [0.1, 0.15) is 17.0 Å². The molecule has 0 atom stereocenters. The predicted molar refractivity (Wildman–Crippen MR) is 152 cm³/mol. The van der Waals surface area contributed by atoms with E-state index in [1.165, 1.54) is 5.56 Å². The van der Waals surface area contributed by atoms with Gasteiger partial charge < -0.3 is 20.5 Å². The normalized spacial score (nSPS) is 19.6. The molecule has 1 aliphatic rings. The van der Waals surface area contributed by atoms with Gasteiger partial charge in [-0.25, -0.2) is 0 Å². The summed E-state index contributed by atoms with van der Waals surface area (Å²) in [7, 11) is 1.75. The molecule has 1 saturated carbocycles. The molecule has 0 saturated heterocycles. The van der Waals surface area contributed by atoms with Gasteiger partial charge in [0.2, 0.25) is 12.2 Å². The van der Waals surface area contributed by atoms with Crippen LogP contribution in [0.25, 0.3) is 11.3 Å². The zero-order valence-corrected chi connectivity index (χ0v) is 23.2. The Labute approximate surface area is 231 Å². The molecule has 0 spiro atoms. The molecular formula is C28H31IN6O2. The van der Waals surface area contributed by atoms with Gasteiger partial charge in [0.05, 0.1) is 0 Å². The first-order chi connectivity index (χ1) is 18.0. The van der Waals surface area contributed by atoms with Crippen LogP contribution >= 0.6 is 22.6 Å². The van der Waals surface area contributed by atoms with Gasteiger partial charge in [-0.15, -0.1) is 4.99 Å². The number of hydrogen-bond acceptors (Lipinski definition) is 5. The summed E-state index contributed by atoms with van der Waals surface area (Å²) in [5.41, 5.74) is 4.11. The third-order valence-corrected chi connectivity index (χ3v) is 7.98. The number of alkyl halides is 1. The Morgan fingerprint density at radius 3 is 2.57 bits per heavy atom. The summed E-state index contributed by atoms with van der Waals surface area (Å²) in [5, 5.41) is 22.7. The molecule has 9 heteroatoms. The molecule has 0 unspecified atom stereocenters. The quantitative estimate of drug-likeness (QED) is 0.116. The molecule has 3 aromatic rings. The van der Waals surface area contributed by atoms with Crippen LogP contribution in [0.15, 0.2) is 64.1 Å². The fourth-order valence-electron chi connectivity index (χ4n) is 5.11. The number of halogens is 1. The lowest BCUT2D eigenvalue weighted by atomic mass is 9.68. The summed E-state index contributed by atoms with van der Waals surface area (Å²) in [5.74, 6) is 0.815. The van der Waals surface area contributed by atoms with Gasteiger partial charge in [-0.1, -0.05) is 82.3 Å². The van der Waals surface area contributed by atoms with Crippen molar-refractivity contribution in [2.45, 2.75) is 48.5 Å². The van der Waals surface area contributed by atoms with E-state index in [-0.39, 0.29) is 17.4 Å². The van der Waals surface area contributed by atoms with E-state index in [9.17, 15) is 4.79 Å². The van der Waals surface area contributed by atoms with Crippen LogP contribution in [0, 0.1) is 18.4 Å². The van der Waals surface area contributed by atoms with Gasteiger partial charge in [0.25, 0.3) is 5.91 Å². The minimum atomic E-state index is -0.202. The number of nitrogens with one attached hydrogen (secondary N) is 3.